The molecule has 4 nitrogen and oxygen atoms in total. The molecule has 0 radical (unpaired) electrons. The Morgan fingerprint density at radius 3 is 3.24 bits per heavy atom. The molecule has 88 valence electrons. The quantitative estimate of drug-likeness (QED) is 0.778. The number of aromatic nitrogens is 3. The molecule has 3 rings (SSSR count). The zero-order chi connectivity index (χ0) is 11.7. The van der Waals surface area contributed by atoms with Gasteiger partial charge in [0.1, 0.15) is 5.82 Å². The van der Waals surface area contributed by atoms with Gasteiger partial charge in [0.2, 0.25) is 0 Å². The summed E-state index contributed by atoms with van der Waals surface area (Å²) in [6, 6.07) is 3.64. The van der Waals surface area contributed by atoms with Crippen LogP contribution in [0.5, 0.6) is 0 Å². The third-order valence-corrected chi connectivity index (χ3v) is 4.49. The maximum atomic E-state index is 10.9. The summed E-state index contributed by atoms with van der Waals surface area (Å²) < 4.78 is 1.93. The van der Waals surface area contributed by atoms with E-state index in [-0.39, 0.29) is 0 Å². The van der Waals surface area contributed by atoms with E-state index >= 15 is 0 Å². The molecular formula is C12H13N3OS. The van der Waals surface area contributed by atoms with Gasteiger partial charge in [-0.1, -0.05) is 0 Å². The number of rotatable bonds is 3. The van der Waals surface area contributed by atoms with E-state index < -0.39 is 0 Å². The summed E-state index contributed by atoms with van der Waals surface area (Å²) in [6.45, 7) is 0. The van der Waals surface area contributed by atoms with Crippen molar-refractivity contribution in [3.8, 4) is 0 Å². The van der Waals surface area contributed by atoms with E-state index in [2.05, 4.69) is 10.2 Å². The van der Waals surface area contributed by atoms with E-state index in [4.69, 9.17) is 0 Å². The first-order valence-electron chi connectivity index (χ1n) is 5.78. The van der Waals surface area contributed by atoms with Crippen LogP contribution in [0.2, 0.25) is 0 Å². The summed E-state index contributed by atoms with van der Waals surface area (Å²) in [6.07, 6.45) is 6.25. The lowest BCUT2D eigenvalue weighted by Crippen LogP contribution is -2.06. The van der Waals surface area contributed by atoms with Crippen LogP contribution in [0.4, 0.5) is 0 Å². The van der Waals surface area contributed by atoms with Crippen molar-refractivity contribution in [3.63, 3.8) is 0 Å². The summed E-state index contributed by atoms with van der Waals surface area (Å²) in [5.41, 5.74) is 1.27. The second kappa shape index (κ2) is 4.49. The standard InChI is InChI=1S/C12H13N3OS/c16-8-9-3-1-5-15-11(13-14-12(9)15)7-10-4-2-6-17-10/h1,3,5,8,10H,2,4,6-7H2. The van der Waals surface area contributed by atoms with Crippen LogP contribution in [0.3, 0.4) is 0 Å². The topological polar surface area (TPSA) is 47.3 Å². The number of aldehydes is 1. The molecule has 1 aliphatic heterocycles. The number of thioether (sulfide) groups is 1. The fourth-order valence-electron chi connectivity index (χ4n) is 2.22. The Labute approximate surface area is 103 Å². The number of carbonyl (C=O) groups excluding carboxylic acids is 1. The molecule has 0 N–H and O–H groups in total. The third-order valence-electron chi connectivity index (χ3n) is 3.10. The lowest BCUT2D eigenvalue weighted by molar-refractivity contribution is 0.112. The van der Waals surface area contributed by atoms with Gasteiger partial charge in [0.25, 0.3) is 0 Å². The normalized spacial score (nSPS) is 19.9. The van der Waals surface area contributed by atoms with Crippen LogP contribution in [0, 0.1) is 0 Å². The number of pyridine rings is 1. The van der Waals surface area contributed by atoms with Gasteiger partial charge in [-0.2, -0.15) is 11.8 Å². The van der Waals surface area contributed by atoms with Crippen LogP contribution in [0.15, 0.2) is 18.3 Å². The first-order chi connectivity index (χ1) is 8.38. The van der Waals surface area contributed by atoms with Crippen LogP contribution in [0.25, 0.3) is 5.65 Å². The largest absolute Gasteiger partial charge is 0.298 e. The third kappa shape index (κ3) is 1.95. The van der Waals surface area contributed by atoms with E-state index in [1.54, 1.807) is 6.07 Å². The van der Waals surface area contributed by atoms with E-state index in [0.29, 0.717) is 16.5 Å². The Kier molecular flexibility index (Phi) is 2.84. The Hall–Kier alpha value is -1.36. The van der Waals surface area contributed by atoms with Crippen molar-refractivity contribution >= 4 is 23.7 Å². The van der Waals surface area contributed by atoms with Gasteiger partial charge in [-0.3, -0.25) is 9.20 Å². The van der Waals surface area contributed by atoms with Gasteiger partial charge in [-0.05, 0) is 30.7 Å². The SMILES string of the molecule is O=Cc1cccn2c(CC3CCCS3)nnc12. The van der Waals surface area contributed by atoms with Gasteiger partial charge in [0.05, 0.1) is 5.56 Å². The zero-order valence-corrected chi connectivity index (χ0v) is 10.2. The van der Waals surface area contributed by atoms with Gasteiger partial charge in [-0.25, -0.2) is 0 Å². The number of nitrogens with zero attached hydrogens (tertiary/aromatic N) is 3. The molecular weight excluding hydrogens is 234 g/mol. The van der Waals surface area contributed by atoms with Crippen LogP contribution in [-0.4, -0.2) is 31.9 Å². The second-order valence-electron chi connectivity index (χ2n) is 4.23. The molecule has 1 atom stereocenters. The highest BCUT2D eigenvalue weighted by Gasteiger charge is 2.19. The molecule has 2 aromatic heterocycles. The van der Waals surface area contributed by atoms with Crippen LogP contribution < -0.4 is 0 Å². The van der Waals surface area contributed by atoms with Gasteiger partial charge in [0.15, 0.2) is 11.9 Å². The number of carbonyl (C=O) groups is 1. The molecule has 1 aliphatic rings. The minimum atomic E-state index is 0.602. The Bertz CT molecular complexity index is 546. The van der Waals surface area contributed by atoms with Crippen molar-refractivity contribution < 1.29 is 4.79 Å². The maximum Gasteiger partial charge on any atom is 0.171 e. The monoisotopic (exact) mass is 247 g/mol. The van der Waals surface area contributed by atoms with E-state index in [0.717, 1.165) is 18.5 Å². The lowest BCUT2D eigenvalue weighted by Gasteiger charge is -2.06. The average Bonchev–Trinajstić information content (AvgIpc) is 2.99. The molecule has 5 heteroatoms. The summed E-state index contributed by atoms with van der Waals surface area (Å²) in [4.78, 5) is 10.9. The highest BCUT2D eigenvalue weighted by Crippen LogP contribution is 2.28. The molecule has 0 aliphatic carbocycles. The molecule has 1 saturated heterocycles. The molecule has 17 heavy (non-hydrogen) atoms. The van der Waals surface area contributed by atoms with Gasteiger partial charge >= 0.3 is 0 Å². The van der Waals surface area contributed by atoms with Crippen molar-refractivity contribution in [1.82, 2.24) is 14.6 Å². The molecule has 0 spiro atoms. The van der Waals surface area contributed by atoms with Crippen LogP contribution in [0.1, 0.15) is 29.0 Å². The van der Waals surface area contributed by atoms with Gasteiger partial charge in [-0.15, -0.1) is 10.2 Å². The average molecular weight is 247 g/mol. The fourth-order valence-corrected chi connectivity index (χ4v) is 3.49. The van der Waals surface area contributed by atoms with Gasteiger partial charge in [0, 0.05) is 17.9 Å². The highest BCUT2D eigenvalue weighted by molar-refractivity contribution is 8.00. The molecule has 0 aromatic carbocycles. The highest BCUT2D eigenvalue weighted by atomic mass is 32.2. The summed E-state index contributed by atoms with van der Waals surface area (Å²) in [5.74, 6) is 2.21. The smallest absolute Gasteiger partial charge is 0.171 e. The first-order valence-corrected chi connectivity index (χ1v) is 6.83. The predicted molar refractivity (Wildman–Crippen MR) is 67.6 cm³/mol. The van der Waals surface area contributed by atoms with E-state index in [1.165, 1.54) is 18.6 Å². The van der Waals surface area contributed by atoms with Crippen molar-refractivity contribution in [3.05, 3.63) is 29.7 Å². The van der Waals surface area contributed by atoms with Crippen LogP contribution >= 0.6 is 11.8 Å². The second-order valence-corrected chi connectivity index (χ2v) is 5.64. The molecule has 0 saturated carbocycles. The number of fused-ring (bicyclic) bond motifs is 1. The molecule has 2 aromatic rings. The van der Waals surface area contributed by atoms with Crippen LogP contribution in [-0.2, 0) is 6.42 Å². The minimum Gasteiger partial charge on any atom is -0.298 e. The first kappa shape index (κ1) is 10.8. The Morgan fingerprint density at radius 2 is 2.47 bits per heavy atom. The maximum absolute atomic E-state index is 10.9. The molecule has 1 unspecified atom stereocenters. The molecule has 0 bridgehead atoms. The van der Waals surface area contributed by atoms with Gasteiger partial charge < -0.3 is 0 Å². The van der Waals surface area contributed by atoms with Crippen molar-refractivity contribution in [2.24, 2.45) is 0 Å². The number of hydrogen-bond acceptors (Lipinski definition) is 4. The zero-order valence-electron chi connectivity index (χ0n) is 9.37. The fraction of sp³-hybridized carbons (Fsp3) is 0.417. The number of hydrogen-bond donors (Lipinski definition) is 0. The minimum absolute atomic E-state index is 0.602. The van der Waals surface area contributed by atoms with Crippen molar-refractivity contribution in [2.75, 3.05) is 5.75 Å². The van der Waals surface area contributed by atoms with E-state index in [9.17, 15) is 4.79 Å². The molecule has 0 amide bonds. The summed E-state index contributed by atoms with van der Waals surface area (Å²) >= 11 is 2.01. The lowest BCUT2D eigenvalue weighted by atomic mass is 10.2. The summed E-state index contributed by atoms with van der Waals surface area (Å²) in [7, 11) is 0. The molecule has 3 heterocycles. The van der Waals surface area contributed by atoms with E-state index in [1.807, 2.05) is 28.4 Å². The van der Waals surface area contributed by atoms with Crippen molar-refractivity contribution in [2.45, 2.75) is 24.5 Å². The Balaban J connectivity index is 1.97. The predicted octanol–water partition coefficient (Wildman–Crippen LogP) is 1.98. The van der Waals surface area contributed by atoms with Crippen molar-refractivity contribution in [1.29, 1.82) is 0 Å². The Morgan fingerprint density at radius 1 is 1.53 bits per heavy atom. The summed E-state index contributed by atoms with van der Waals surface area (Å²) in [5, 5.41) is 8.97. The molecule has 1 fully saturated rings.